The Kier molecular flexibility index (Phi) is 3.53. The van der Waals surface area contributed by atoms with E-state index in [0.29, 0.717) is 11.8 Å². The maximum atomic E-state index is 9.69. The molecule has 0 fully saturated rings. The number of aromatic hydroxyl groups is 1. The summed E-state index contributed by atoms with van der Waals surface area (Å²) < 4.78 is 0. The Morgan fingerprint density at radius 2 is 2.00 bits per heavy atom. The lowest BCUT2D eigenvalue weighted by atomic mass is 9.95. The molecule has 0 saturated heterocycles. The summed E-state index contributed by atoms with van der Waals surface area (Å²) in [5.74, 6) is 1.29. The average Bonchev–Trinajstić information content (AvgIpc) is 2.92. The molecular weight excluding hydrogens is 262 g/mol. The summed E-state index contributed by atoms with van der Waals surface area (Å²) in [4.78, 5) is 12.4. The van der Waals surface area contributed by atoms with E-state index in [1.165, 1.54) is 6.42 Å². The summed E-state index contributed by atoms with van der Waals surface area (Å²) in [6, 6.07) is 5.27. The highest BCUT2D eigenvalue weighted by atomic mass is 16.3. The van der Waals surface area contributed by atoms with Crippen molar-refractivity contribution in [2.45, 2.75) is 39.5 Å². The van der Waals surface area contributed by atoms with E-state index in [-0.39, 0.29) is 5.75 Å². The fraction of sp³-hybridized carbons (Fsp3) is 0.412. The van der Waals surface area contributed by atoms with Gasteiger partial charge in [0.2, 0.25) is 0 Å². The summed E-state index contributed by atoms with van der Waals surface area (Å²) in [5.41, 5.74) is 3.80. The molecular formula is C17H21N3O. The van der Waals surface area contributed by atoms with E-state index in [9.17, 15) is 5.11 Å². The summed E-state index contributed by atoms with van der Waals surface area (Å²) in [6.07, 6.45) is 4.00. The number of imidazole rings is 1. The summed E-state index contributed by atoms with van der Waals surface area (Å²) in [7, 11) is 0. The maximum Gasteiger partial charge on any atom is 0.117 e. The number of phenols is 1. The molecule has 4 nitrogen and oxygen atoms in total. The molecule has 21 heavy (non-hydrogen) atoms. The van der Waals surface area contributed by atoms with E-state index < -0.39 is 0 Å². The van der Waals surface area contributed by atoms with Crippen molar-refractivity contribution in [1.82, 2.24) is 15.0 Å². The molecule has 1 aromatic carbocycles. The van der Waals surface area contributed by atoms with Crippen LogP contribution >= 0.6 is 0 Å². The summed E-state index contributed by atoms with van der Waals surface area (Å²) in [5, 5.41) is 10.7. The lowest BCUT2D eigenvalue weighted by Crippen LogP contribution is -2.01. The largest absolute Gasteiger partial charge is 0.508 e. The second kappa shape index (κ2) is 5.35. The van der Waals surface area contributed by atoms with E-state index in [2.05, 4.69) is 30.7 Å². The molecule has 2 aromatic heterocycles. The van der Waals surface area contributed by atoms with Crippen molar-refractivity contribution in [3.63, 3.8) is 0 Å². The first-order valence-corrected chi connectivity index (χ1v) is 7.52. The van der Waals surface area contributed by atoms with Gasteiger partial charge in [-0.3, -0.25) is 4.98 Å². The molecule has 4 heteroatoms. The minimum absolute atomic E-state index is 0.241. The van der Waals surface area contributed by atoms with Gasteiger partial charge < -0.3 is 10.1 Å². The van der Waals surface area contributed by atoms with E-state index in [1.54, 1.807) is 18.5 Å². The number of nitrogens with zero attached hydrogens (tertiary/aromatic N) is 2. The van der Waals surface area contributed by atoms with Crippen molar-refractivity contribution in [2.24, 2.45) is 5.92 Å². The number of benzene rings is 1. The number of rotatable bonds is 4. The van der Waals surface area contributed by atoms with Crippen LogP contribution in [0.4, 0.5) is 0 Å². The fourth-order valence-electron chi connectivity index (χ4n) is 2.77. The first kappa shape index (κ1) is 13.9. The molecule has 3 rings (SSSR count). The third kappa shape index (κ3) is 2.58. The first-order valence-electron chi connectivity index (χ1n) is 7.52. The maximum absolute atomic E-state index is 9.69. The summed E-state index contributed by atoms with van der Waals surface area (Å²) >= 11 is 0. The Bertz CT molecular complexity index is 776. The van der Waals surface area contributed by atoms with Crippen molar-refractivity contribution in [1.29, 1.82) is 0 Å². The zero-order chi connectivity index (χ0) is 15.0. The topological polar surface area (TPSA) is 61.8 Å². The molecule has 0 amide bonds. The third-order valence-electron chi connectivity index (χ3n) is 4.02. The van der Waals surface area contributed by atoms with Gasteiger partial charge in [-0.25, -0.2) is 4.98 Å². The van der Waals surface area contributed by atoms with E-state index in [1.807, 2.05) is 6.07 Å². The number of aromatic nitrogens is 3. The van der Waals surface area contributed by atoms with Gasteiger partial charge in [0.05, 0.1) is 28.6 Å². The van der Waals surface area contributed by atoms with Gasteiger partial charge in [0.1, 0.15) is 5.75 Å². The molecule has 2 N–H and O–H groups in total. The lowest BCUT2D eigenvalue weighted by Gasteiger charge is -2.14. The zero-order valence-electron chi connectivity index (χ0n) is 12.7. The SMILES string of the molecule is CC(C)CCC(C)c1nc2cc(O)ccc2c2nc[nH]c12. The lowest BCUT2D eigenvalue weighted by molar-refractivity contribution is 0.476. The van der Waals surface area contributed by atoms with Gasteiger partial charge in [0, 0.05) is 17.4 Å². The highest BCUT2D eigenvalue weighted by Crippen LogP contribution is 2.31. The van der Waals surface area contributed by atoms with Crippen molar-refractivity contribution in [2.75, 3.05) is 0 Å². The molecule has 110 valence electrons. The standard InChI is InChI=1S/C17H21N3O/c1-10(2)4-5-11(3)15-17-16(18-9-19-17)13-7-6-12(21)8-14(13)20-15/h6-11,21H,4-5H2,1-3H3,(H,18,19). The highest BCUT2D eigenvalue weighted by molar-refractivity contribution is 6.03. The molecule has 0 aliphatic rings. The Labute approximate surface area is 124 Å². The fourth-order valence-corrected chi connectivity index (χ4v) is 2.77. The van der Waals surface area contributed by atoms with Crippen molar-refractivity contribution < 1.29 is 5.11 Å². The molecule has 0 radical (unpaired) electrons. The van der Waals surface area contributed by atoms with Crippen molar-refractivity contribution in [3.05, 3.63) is 30.2 Å². The minimum Gasteiger partial charge on any atom is -0.508 e. The molecule has 0 bridgehead atoms. The van der Waals surface area contributed by atoms with Crippen LogP contribution in [0.15, 0.2) is 24.5 Å². The van der Waals surface area contributed by atoms with Gasteiger partial charge in [0.15, 0.2) is 0 Å². The van der Waals surface area contributed by atoms with Crippen LogP contribution in [0.25, 0.3) is 21.9 Å². The molecule has 0 saturated carbocycles. The number of pyridine rings is 1. The molecule has 1 atom stereocenters. The van der Waals surface area contributed by atoms with Crippen LogP contribution < -0.4 is 0 Å². The minimum atomic E-state index is 0.241. The molecule has 0 spiro atoms. The summed E-state index contributed by atoms with van der Waals surface area (Å²) in [6.45, 7) is 6.69. The Hall–Kier alpha value is -2.10. The van der Waals surface area contributed by atoms with E-state index in [4.69, 9.17) is 4.98 Å². The number of aromatic amines is 1. The van der Waals surface area contributed by atoms with Gasteiger partial charge in [-0.05, 0) is 24.5 Å². The number of hydrogen-bond acceptors (Lipinski definition) is 3. The van der Waals surface area contributed by atoms with Gasteiger partial charge in [-0.2, -0.15) is 0 Å². The van der Waals surface area contributed by atoms with Crippen LogP contribution in [0, 0.1) is 5.92 Å². The van der Waals surface area contributed by atoms with E-state index >= 15 is 0 Å². The van der Waals surface area contributed by atoms with Gasteiger partial charge in [-0.1, -0.05) is 27.2 Å². The van der Waals surface area contributed by atoms with Gasteiger partial charge in [-0.15, -0.1) is 0 Å². The predicted molar refractivity (Wildman–Crippen MR) is 85.5 cm³/mol. The zero-order valence-corrected chi connectivity index (χ0v) is 12.7. The Balaban J connectivity index is 2.13. The second-order valence-electron chi connectivity index (χ2n) is 6.20. The second-order valence-corrected chi connectivity index (χ2v) is 6.20. The predicted octanol–water partition coefficient (Wildman–Crippen LogP) is 4.36. The number of fused-ring (bicyclic) bond motifs is 3. The monoisotopic (exact) mass is 283 g/mol. The number of nitrogens with one attached hydrogen (secondary N) is 1. The molecule has 2 heterocycles. The Morgan fingerprint density at radius 3 is 2.76 bits per heavy atom. The van der Waals surface area contributed by atoms with Crippen LogP contribution in [0.5, 0.6) is 5.75 Å². The number of phenolic OH excluding ortho intramolecular Hbond substituents is 1. The van der Waals surface area contributed by atoms with Crippen molar-refractivity contribution in [3.8, 4) is 5.75 Å². The van der Waals surface area contributed by atoms with Crippen molar-refractivity contribution >= 4 is 21.9 Å². The smallest absolute Gasteiger partial charge is 0.117 e. The number of H-pyrrole nitrogens is 1. The van der Waals surface area contributed by atoms with Crippen LogP contribution in [-0.4, -0.2) is 20.1 Å². The highest BCUT2D eigenvalue weighted by Gasteiger charge is 2.16. The van der Waals surface area contributed by atoms with Crippen LogP contribution in [-0.2, 0) is 0 Å². The molecule has 3 aromatic rings. The van der Waals surface area contributed by atoms with Gasteiger partial charge >= 0.3 is 0 Å². The molecule has 1 unspecified atom stereocenters. The molecule has 0 aliphatic heterocycles. The van der Waals surface area contributed by atoms with Crippen LogP contribution in [0.2, 0.25) is 0 Å². The third-order valence-corrected chi connectivity index (χ3v) is 4.02. The number of hydrogen-bond donors (Lipinski definition) is 2. The first-order chi connectivity index (χ1) is 10.1. The van der Waals surface area contributed by atoms with Gasteiger partial charge in [0.25, 0.3) is 0 Å². The average molecular weight is 283 g/mol. The van der Waals surface area contributed by atoms with Crippen LogP contribution in [0.3, 0.4) is 0 Å². The quantitative estimate of drug-likeness (QED) is 0.748. The molecule has 0 aliphatic carbocycles. The van der Waals surface area contributed by atoms with E-state index in [0.717, 1.165) is 34.1 Å². The van der Waals surface area contributed by atoms with Crippen LogP contribution in [0.1, 0.15) is 45.2 Å². The normalized spacial score (nSPS) is 13.3. The Morgan fingerprint density at radius 1 is 1.19 bits per heavy atom.